The van der Waals surface area contributed by atoms with Crippen LogP contribution in [-0.2, 0) is 26.4 Å². The number of carbonyl (C=O) groups excluding carboxylic acids is 1. The number of likely N-dealkylation sites (tertiary alicyclic amines) is 1. The number of carbonyl (C=O) groups is 1. The molecule has 27 heavy (non-hydrogen) atoms. The van der Waals surface area contributed by atoms with Gasteiger partial charge >= 0.3 is 0 Å². The maximum atomic E-state index is 13.1. The first-order valence-corrected chi connectivity index (χ1v) is 9.84. The van der Waals surface area contributed by atoms with Gasteiger partial charge in [-0.3, -0.25) is 4.79 Å². The molecular weight excluding hydrogens is 344 g/mol. The molecule has 8 heteroatoms. The number of fused-ring (bicyclic) bond motifs is 1. The fourth-order valence-corrected chi connectivity index (χ4v) is 4.23. The molecule has 146 valence electrons. The molecule has 1 atom stereocenters. The smallest absolute Gasteiger partial charge is 0.292 e. The molecule has 1 saturated heterocycles. The van der Waals surface area contributed by atoms with Crippen molar-refractivity contribution in [3.05, 3.63) is 28.7 Å². The van der Waals surface area contributed by atoms with Gasteiger partial charge in [0, 0.05) is 31.6 Å². The van der Waals surface area contributed by atoms with Crippen molar-refractivity contribution in [3.8, 4) is 0 Å². The Morgan fingerprint density at radius 3 is 2.85 bits per heavy atom. The number of nitrogens with zero attached hydrogens (tertiary/aromatic N) is 6. The normalized spacial score (nSPS) is 20.1. The first-order valence-electron chi connectivity index (χ1n) is 9.84. The van der Waals surface area contributed by atoms with E-state index >= 15 is 0 Å². The highest BCUT2D eigenvalue weighted by Gasteiger charge is 2.33. The molecule has 2 aromatic heterocycles. The second-order valence-corrected chi connectivity index (χ2v) is 8.01. The maximum Gasteiger partial charge on any atom is 0.292 e. The Morgan fingerprint density at radius 1 is 1.22 bits per heavy atom. The number of aromatic nitrogens is 4. The quantitative estimate of drug-likeness (QED) is 0.814. The van der Waals surface area contributed by atoms with Crippen LogP contribution in [0.5, 0.6) is 0 Å². The lowest BCUT2D eigenvalue weighted by atomic mass is 9.94. The van der Waals surface area contributed by atoms with Crippen molar-refractivity contribution in [1.29, 1.82) is 0 Å². The number of rotatable bonds is 4. The summed E-state index contributed by atoms with van der Waals surface area (Å²) < 4.78 is 7.54. The molecule has 3 heterocycles. The molecule has 1 aliphatic carbocycles. The summed E-state index contributed by atoms with van der Waals surface area (Å²) in [6.45, 7) is 2.17. The molecule has 8 nitrogen and oxygen atoms in total. The average molecular weight is 372 g/mol. The number of hydrogen-bond acceptors (Lipinski definition) is 6. The zero-order chi connectivity index (χ0) is 19.0. The standard InChI is InChI=1S/C19H28N6O2/c1-23(2)12-16-20-21-18(24(16)3)13-7-6-10-25(11-13)19(26)17-14-8-4-5-9-15(14)22-27-17/h13H,4-12H2,1-3H3/t13-/m1/s1. The van der Waals surface area contributed by atoms with Crippen LogP contribution in [0.1, 0.15) is 65.1 Å². The van der Waals surface area contributed by atoms with Crippen molar-refractivity contribution < 1.29 is 9.32 Å². The number of hydrogen-bond donors (Lipinski definition) is 0. The maximum absolute atomic E-state index is 13.1. The van der Waals surface area contributed by atoms with Gasteiger partial charge in [0.1, 0.15) is 11.6 Å². The van der Waals surface area contributed by atoms with Gasteiger partial charge in [-0.25, -0.2) is 0 Å². The predicted octanol–water partition coefficient (Wildman–Crippen LogP) is 1.76. The van der Waals surface area contributed by atoms with E-state index in [1.54, 1.807) is 0 Å². The van der Waals surface area contributed by atoms with Gasteiger partial charge in [0.15, 0.2) is 0 Å². The second-order valence-electron chi connectivity index (χ2n) is 8.01. The molecule has 2 aromatic rings. The zero-order valence-corrected chi connectivity index (χ0v) is 16.4. The van der Waals surface area contributed by atoms with Crippen LogP contribution in [0, 0.1) is 0 Å². The second kappa shape index (κ2) is 7.42. The monoisotopic (exact) mass is 372 g/mol. The molecule has 1 fully saturated rings. The Hall–Kier alpha value is -2.22. The highest BCUT2D eigenvalue weighted by Crippen LogP contribution is 2.29. The van der Waals surface area contributed by atoms with Gasteiger partial charge < -0.3 is 18.9 Å². The third-order valence-electron chi connectivity index (χ3n) is 5.68. The fourth-order valence-electron chi connectivity index (χ4n) is 4.23. The number of aryl methyl sites for hydroxylation is 1. The van der Waals surface area contributed by atoms with Crippen LogP contribution in [0.3, 0.4) is 0 Å². The van der Waals surface area contributed by atoms with Crippen LogP contribution in [-0.4, -0.2) is 62.8 Å². The average Bonchev–Trinajstić information content (AvgIpc) is 3.25. The Balaban J connectivity index is 1.51. The summed E-state index contributed by atoms with van der Waals surface area (Å²) in [5.74, 6) is 2.55. The molecule has 0 N–H and O–H groups in total. The van der Waals surface area contributed by atoms with Crippen LogP contribution in [0.15, 0.2) is 4.52 Å². The summed E-state index contributed by atoms with van der Waals surface area (Å²) in [5.41, 5.74) is 2.00. The van der Waals surface area contributed by atoms with Crippen molar-refractivity contribution in [3.63, 3.8) is 0 Å². The molecule has 0 radical (unpaired) electrons. The Kier molecular flexibility index (Phi) is 4.99. The van der Waals surface area contributed by atoms with Gasteiger partial charge in [0.2, 0.25) is 5.76 Å². The van der Waals surface area contributed by atoms with Gasteiger partial charge in [0.25, 0.3) is 5.91 Å². The molecule has 4 rings (SSSR count). The van der Waals surface area contributed by atoms with E-state index in [0.29, 0.717) is 12.3 Å². The summed E-state index contributed by atoms with van der Waals surface area (Å²) in [7, 11) is 6.06. The van der Waals surface area contributed by atoms with E-state index in [0.717, 1.165) is 74.5 Å². The van der Waals surface area contributed by atoms with Crippen LogP contribution < -0.4 is 0 Å². The number of amides is 1. The van der Waals surface area contributed by atoms with Gasteiger partial charge in [-0.2, -0.15) is 0 Å². The summed E-state index contributed by atoms with van der Waals surface area (Å²) in [5, 5.41) is 12.9. The SMILES string of the molecule is CN(C)Cc1nnc([C@@H]2CCCN(C(=O)c3onc4c3CCCC4)C2)n1C. The van der Waals surface area contributed by atoms with Crippen LogP contribution in [0.2, 0.25) is 0 Å². The zero-order valence-electron chi connectivity index (χ0n) is 16.4. The third-order valence-corrected chi connectivity index (χ3v) is 5.68. The molecule has 0 unspecified atom stereocenters. The van der Waals surface area contributed by atoms with Crippen molar-refractivity contribution in [2.24, 2.45) is 7.05 Å². The largest absolute Gasteiger partial charge is 0.350 e. The van der Waals surface area contributed by atoms with Gasteiger partial charge in [-0.1, -0.05) is 5.16 Å². The van der Waals surface area contributed by atoms with E-state index in [-0.39, 0.29) is 11.8 Å². The summed E-state index contributed by atoms with van der Waals surface area (Å²) in [6.07, 6.45) is 6.02. The molecule has 0 bridgehead atoms. The Bertz CT molecular complexity index is 824. The lowest BCUT2D eigenvalue weighted by Crippen LogP contribution is -2.40. The van der Waals surface area contributed by atoms with Crippen LogP contribution in [0.4, 0.5) is 0 Å². The predicted molar refractivity (Wildman–Crippen MR) is 99.4 cm³/mol. The van der Waals surface area contributed by atoms with E-state index < -0.39 is 0 Å². The van der Waals surface area contributed by atoms with E-state index in [2.05, 4.69) is 24.8 Å². The minimum Gasteiger partial charge on any atom is -0.350 e. The first-order chi connectivity index (χ1) is 13.0. The third kappa shape index (κ3) is 3.50. The topological polar surface area (TPSA) is 80.3 Å². The molecule has 1 amide bonds. The van der Waals surface area contributed by atoms with Crippen molar-refractivity contribution in [1.82, 2.24) is 29.7 Å². The molecule has 0 aromatic carbocycles. The van der Waals surface area contributed by atoms with Gasteiger partial charge in [-0.05, 0) is 52.6 Å². The Labute approximate surface area is 159 Å². The fraction of sp³-hybridized carbons (Fsp3) is 0.684. The molecule has 0 spiro atoms. The van der Waals surface area contributed by atoms with Crippen molar-refractivity contribution in [2.75, 3.05) is 27.2 Å². The number of piperidine rings is 1. The summed E-state index contributed by atoms with van der Waals surface area (Å²) >= 11 is 0. The van der Waals surface area contributed by atoms with Gasteiger partial charge in [0.05, 0.1) is 12.2 Å². The molecular formula is C19H28N6O2. The lowest BCUT2D eigenvalue weighted by Gasteiger charge is -2.31. The van der Waals surface area contributed by atoms with Gasteiger partial charge in [-0.15, -0.1) is 10.2 Å². The lowest BCUT2D eigenvalue weighted by molar-refractivity contribution is 0.0660. The Morgan fingerprint density at radius 2 is 2.04 bits per heavy atom. The van der Waals surface area contributed by atoms with Crippen molar-refractivity contribution in [2.45, 2.75) is 51.0 Å². The van der Waals surface area contributed by atoms with Crippen LogP contribution >= 0.6 is 0 Å². The van der Waals surface area contributed by atoms with E-state index in [4.69, 9.17) is 4.52 Å². The van der Waals surface area contributed by atoms with Crippen LogP contribution in [0.25, 0.3) is 0 Å². The van der Waals surface area contributed by atoms with E-state index in [1.807, 2.05) is 26.0 Å². The van der Waals surface area contributed by atoms with E-state index in [9.17, 15) is 4.79 Å². The molecule has 2 aliphatic rings. The summed E-state index contributed by atoms with van der Waals surface area (Å²) in [6, 6.07) is 0. The highest BCUT2D eigenvalue weighted by molar-refractivity contribution is 5.93. The molecule has 1 aliphatic heterocycles. The van der Waals surface area contributed by atoms with E-state index in [1.165, 1.54) is 0 Å². The molecule has 0 saturated carbocycles. The first kappa shape index (κ1) is 18.2. The highest BCUT2D eigenvalue weighted by atomic mass is 16.5. The van der Waals surface area contributed by atoms with Crippen molar-refractivity contribution >= 4 is 5.91 Å². The summed E-state index contributed by atoms with van der Waals surface area (Å²) in [4.78, 5) is 17.1. The minimum absolute atomic E-state index is 0.0222. The minimum atomic E-state index is -0.0222.